The molecule has 0 unspecified atom stereocenters. The van der Waals surface area contributed by atoms with Crippen LogP contribution in [0.15, 0.2) is 60.7 Å². The van der Waals surface area contributed by atoms with Crippen molar-refractivity contribution in [3.05, 3.63) is 97.7 Å². The number of fused-ring (bicyclic) bond motifs is 1. The summed E-state index contributed by atoms with van der Waals surface area (Å²) >= 11 is 0. The molecule has 0 radical (unpaired) electrons. The molecular formula is C26H24N4O8. The van der Waals surface area contributed by atoms with E-state index in [1.54, 1.807) is 30.3 Å². The van der Waals surface area contributed by atoms with E-state index in [1.807, 2.05) is 11.0 Å². The van der Waals surface area contributed by atoms with Gasteiger partial charge in [0.2, 0.25) is 0 Å². The molecule has 12 heteroatoms. The molecular weight excluding hydrogens is 496 g/mol. The molecule has 2 N–H and O–H groups in total. The molecule has 0 saturated carbocycles. The van der Waals surface area contributed by atoms with Gasteiger partial charge >= 0.3 is 5.97 Å². The largest absolute Gasteiger partial charge is 0.493 e. The SMILES string of the molecule is COc1cc(CN(Cc2cccc([N+](=O)[O-])c2)c2ccc3[nH]c(CC(=O)O)cc3c2)c([N+](=O)[O-])cc1OC. The minimum Gasteiger partial charge on any atom is -0.493 e. The Balaban J connectivity index is 1.80. The molecule has 0 bridgehead atoms. The van der Waals surface area contributed by atoms with E-state index < -0.39 is 15.8 Å². The number of ether oxygens (including phenoxy) is 2. The summed E-state index contributed by atoms with van der Waals surface area (Å²) < 4.78 is 10.6. The maximum atomic E-state index is 11.9. The number of nitro groups is 2. The highest BCUT2D eigenvalue weighted by molar-refractivity contribution is 5.85. The van der Waals surface area contributed by atoms with E-state index in [-0.39, 0.29) is 36.6 Å². The Morgan fingerprint density at radius 3 is 2.34 bits per heavy atom. The van der Waals surface area contributed by atoms with Gasteiger partial charge in [0.05, 0.1) is 48.7 Å². The lowest BCUT2D eigenvalue weighted by Crippen LogP contribution is -2.23. The highest BCUT2D eigenvalue weighted by Crippen LogP contribution is 2.36. The normalized spacial score (nSPS) is 10.8. The van der Waals surface area contributed by atoms with Crippen LogP contribution in [0.1, 0.15) is 16.8 Å². The van der Waals surface area contributed by atoms with Gasteiger partial charge in [0.25, 0.3) is 11.4 Å². The molecule has 0 atom stereocenters. The van der Waals surface area contributed by atoms with Gasteiger partial charge < -0.3 is 24.5 Å². The summed E-state index contributed by atoms with van der Waals surface area (Å²) in [5.41, 5.74) is 2.68. The lowest BCUT2D eigenvalue weighted by Gasteiger charge is -2.26. The zero-order valence-corrected chi connectivity index (χ0v) is 20.5. The molecule has 3 aromatic carbocycles. The third-order valence-corrected chi connectivity index (χ3v) is 6.00. The van der Waals surface area contributed by atoms with E-state index >= 15 is 0 Å². The highest BCUT2D eigenvalue weighted by Gasteiger charge is 2.23. The molecule has 0 fully saturated rings. The molecule has 1 heterocycles. The maximum absolute atomic E-state index is 11.9. The van der Waals surface area contributed by atoms with Crippen molar-refractivity contribution in [2.24, 2.45) is 0 Å². The molecule has 12 nitrogen and oxygen atoms in total. The van der Waals surface area contributed by atoms with E-state index in [1.165, 1.54) is 38.5 Å². The second-order valence-electron chi connectivity index (χ2n) is 8.51. The Labute approximate surface area is 216 Å². The van der Waals surface area contributed by atoms with Gasteiger partial charge in [-0.1, -0.05) is 12.1 Å². The molecule has 0 aliphatic carbocycles. The average Bonchev–Trinajstić information content (AvgIpc) is 3.28. The first-order chi connectivity index (χ1) is 18.2. The summed E-state index contributed by atoms with van der Waals surface area (Å²) in [4.78, 5) is 38.3. The Morgan fingerprint density at radius 2 is 1.68 bits per heavy atom. The first-order valence-corrected chi connectivity index (χ1v) is 11.4. The van der Waals surface area contributed by atoms with Crippen LogP contribution in [-0.2, 0) is 24.3 Å². The van der Waals surface area contributed by atoms with Gasteiger partial charge in [0.15, 0.2) is 11.5 Å². The third kappa shape index (κ3) is 5.64. The van der Waals surface area contributed by atoms with Gasteiger partial charge in [-0.3, -0.25) is 25.0 Å². The summed E-state index contributed by atoms with van der Waals surface area (Å²) in [6.07, 6.45) is -0.167. The van der Waals surface area contributed by atoms with Crippen LogP contribution in [0.4, 0.5) is 17.1 Å². The third-order valence-electron chi connectivity index (χ3n) is 6.00. The summed E-state index contributed by atoms with van der Waals surface area (Å²) in [5, 5.41) is 33.1. The first kappa shape index (κ1) is 25.9. The number of hydrogen-bond acceptors (Lipinski definition) is 8. The number of nitrogens with one attached hydrogen (secondary N) is 1. The van der Waals surface area contributed by atoms with Crippen molar-refractivity contribution in [2.75, 3.05) is 19.1 Å². The fraction of sp³-hybridized carbons (Fsp3) is 0.192. The number of non-ortho nitro benzene ring substituents is 1. The predicted octanol–water partition coefficient (Wildman–Crippen LogP) is 4.84. The number of H-pyrrole nitrogens is 1. The van der Waals surface area contributed by atoms with Gasteiger partial charge in [-0.2, -0.15) is 0 Å². The molecule has 38 heavy (non-hydrogen) atoms. The number of anilines is 1. The average molecular weight is 520 g/mol. The second-order valence-corrected chi connectivity index (χ2v) is 8.51. The minimum atomic E-state index is -0.968. The monoisotopic (exact) mass is 520 g/mol. The van der Waals surface area contributed by atoms with Gasteiger partial charge in [-0.15, -0.1) is 0 Å². The number of aromatic amines is 1. The molecule has 196 valence electrons. The van der Waals surface area contributed by atoms with Gasteiger partial charge in [0, 0.05) is 41.0 Å². The lowest BCUT2D eigenvalue weighted by molar-refractivity contribution is -0.385. The molecule has 0 saturated heterocycles. The van der Waals surface area contributed by atoms with Gasteiger partial charge in [0.1, 0.15) is 0 Å². The summed E-state index contributed by atoms with van der Waals surface area (Å²) in [5.74, 6) is -0.430. The van der Waals surface area contributed by atoms with Crippen LogP contribution < -0.4 is 14.4 Å². The number of methoxy groups -OCH3 is 2. The smallest absolute Gasteiger partial charge is 0.309 e. The molecule has 0 aliphatic heterocycles. The zero-order chi connectivity index (χ0) is 27.4. The lowest BCUT2D eigenvalue weighted by atomic mass is 10.1. The van der Waals surface area contributed by atoms with Crippen molar-refractivity contribution >= 4 is 33.9 Å². The van der Waals surface area contributed by atoms with Crippen molar-refractivity contribution in [2.45, 2.75) is 19.5 Å². The molecule has 0 spiro atoms. The Kier molecular flexibility index (Phi) is 7.42. The molecule has 1 aromatic heterocycles. The number of carbonyl (C=O) groups is 1. The number of aliphatic carboxylic acids is 1. The van der Waals surface area contributed by atoms with Crippen molar-refractivity contribution < 1.29 is 29.2 Å². The number of benzene rings is 3. The summed E-state index contributed by atoms with van der Waals surface area (Å²) in [6.45, 7) is 0.266. The van der Waals surface area contributed by atoms with Gasteiger partial charge in [-0.25, -0.2) is 0 Å². The number of aromatic nitrogens is 1. The van der Waals surface area contributed by atoms with Gasteiger partial charge in [-0.05, 0) is 35.9 Å². The number of rotatable bonds is 11. The Hall–Kier alpha value is -5.13. The first-order valence-electron chi connectivity index (χ1n) is 11.4. The topological polar surface area (TPSA) is 161 Å². The number of nitrogens with zero attached hydrogens (tertiary/aromatic N) is 3. The number of carboxylic acid groups (broad SMARTS) is 1. The van der Waals surface area contributed by atoms with Crippen molar-refractivity contribution in [1.29, 1.82) is 0 Å². The van der Waals surface area contributed by atoms with E-state index in [2.05, 4.69) is 4.98 Å². The summed E-state index contributed by atoms with van der Waals surface area (Å²) in [7, 11) is 2.82. The van der Waals surface area contributed by atoms with Crippen molar-refractivity contribution in [3.8, 4) is 11.5 Å². The van der Waals surface area contributed by atoms with Crippen LogP contribution in [0, 0.1) is 20.2 Å². The molecule has 0 aliphatic rings. The molecule has 0 amide bonds. The van der Waals surface area contributed by atoms with Crippen LogP contribution >= 0.6 is 0 Å². The fourth-order valence-corrected chi connectivity index (χ4v) is 4.27. The Bertz CT molecular complexity index is 1530. The predicted molar refractivity (Wildman–Crippen MR) is 139 cm³/mol. The minimum absolute atomic E-state index is 0.0667. The molecule has 4 rings (SSSR count). The Morgan fingerprint density at radius 1 is 0.947 bits per heavy atom. The second kappa shape index (κ2) is 10.9. The van der Waals surface area contributed by atoms with E-state index in [9.17, 15) is 25.0 Å². The van der Waals surface area contributed by atoms with E-state index in [4.69, 9.17) is 14.6 Å². The maximum Gasteiger partial charge on any atom is 0.309 e. The standard InChI is InChI=1S/C26H24N4O8/c1-37-24-11-18(23(30(35)36)13-25(24)38-2)15-28(14-16-4-3-5-21(8-16)29(33)34)20-6-7-22-17(10-20)9-19(27-22)12-26(31)32/h3-11,13,27H,12,14-15H2,1-2H3,(H,31,32). The van der Waals surface area contributed by atoms with E-state index in [0.29, 0.717) is 28.3 Å². The molecule has 4 aromatic rings. The number of nitro benzene ring substituents is 2. The van der Waals surface area contributed by atoms with Crippen LogP contribution in [-0.4, -0.2) is 40.1 Å². The van der Waals surface area contributed by atoms with E-state index in [0.717, 1.165) is 10.9 Å². The zero-order valence-electron chi connectivity index (χ0n) is 20.5. The fourth-order valence-electron chi connectivity index (χ4n) is 4.27. The van der Waals surface area contributed by atoms with Crippen LogP contribution in [0.3, 0.4) is 0 Å². The van der Waals surface area contributed by atoms with Crippen LogP contribution in [0.5, 0.6) is 11.5 Å². The van der Waals surface area contributed by atoms with Crippen LogP contribution in [0.2, 0.25) is 0 Å². The summed E-state index contributed by atoms with van der Waals surface area (Å²) in [6, 6.07) is 16.2. The quantitative estimate of drug-likeness (QED) is 0.208. The van der Waals surface area contributed by atoms with Crippen molar-refractivity contribution in [3.63, 3.8) is 0 Å². The number of carboxylic acids is 1. The number of hydrogen-bond donors (Lipinski definition) is 2. The highest BCUT2D eigenvalue weighted by atomic mass is 16.6. The van der Waals surface area contributed by atoms with Crippen molar-refractivity contribution in [1.82, 2.24) is 4.98 Å². The van der Waals surface area contributed by atoms with Crippen LogP contribution in [0.25, 0.3) is 10.9 Å².